The van der Waals surface area contributed by atoms with Crippen LogP contribution in [0.5, 0.6) is 0 Å². The van der Waals surface area contributed by atoms with Crippen LogP contribution in [0.1, 0.15) is 26.2 Å². The lowest BCUT2D eigenvalue weighted by atomic mass is 9.85. The Morgan fingerprint density at radius 1 is 1.36 bits per heavy atom. The van der Waals surface area contributed by atoms with Gasteiger partial charge in [-0.25, -0.2) is 0 Å². The van der Waals surface area contributed by atoms with Crippen molar-refractivity contribution in [1.29, 1.82) is 0 Å². The highest BCUT2D eigenvalue weighted by molar-refractivity contribution is 5.86. The number of ketones is 1. The summed E-state index contributed by atoms with van der Waals surface area (Å²) in [6.45, 7) is 2.04. The van der Waals surface area contributed by atoms with E-state index in [0.29, 0.717) is 5.78 Å². The number of hydrogen-bond acceptors (Lipinski definition) is 2. The van der Waals surface area contributed by atoms with E-state index in [0.717, 1.165) is 12.8 Å². The summed E-state index contributed by atoms with van der Waals surface area (Å²) in [5, 5.41) is 0. The molecular formula is C9H17NO. The van der Waals surface area contributed by atoms with Gasteiger partial charge in [0.1, 0.15) is 0 Å². The quantitative estimate of drug-likeness (QED) is 0.569. The zero-order valence-corrected chi connectivity index (χ0v) is 7.63. The van der Waals surface area contributed by atoms with Gasteiger partial charge in [-0.2, -0.15) is 0 Å². The molecule has 1 rings (SSSR count). The van der Waals surface area contributed by atoms with E-state index in [4.69, 9.17) is 0 Å². The van der Waals surface area contributed by atoms with E-state index in [9.17, 15) is 4.79 Å². The molecule has 0 spiro atoms. The Morgan fingerprint density at radius 2 is 2.00 bits per heavy atom. The Kier molecular flexibility index (Phi) is 2.66. The first-order valence-corrected chi connectivity index (χ1v) is 4.33. The van der Waals surface area contributed by atoms with Crippen LogP contribution in [0.2, 0.25) is 0 Å². The summed E-state index contributed by atoms with van der Waals surface area (Å²) in [7, 11) is 3.97. The predicted octanol–water partition coefficient (Wildman–Crippen LogP) is 1.31. The summed E-state index contributed by atoms with van der Waals surface area (Å²) < 4.78 is 0. The van der Waals surface area contributed by atoms with Crippen LogP contribution in [0, 0.1) is 5.92 Å². The first kappa shape index (κ1) is 8.72. The Labute approximate surface area is 68.6 Å². The van der Waals surface area contributed by atoms with Crippen molar-refractivity contribution in [2.24, 2.45) is 5.92 Å². The van der Waals surface area contributed by atoms with Crippen LogP contribution in [-0.2, 0) is 4.79 Å². The average Bonchev–Trinajstić information content (AvgIpc) is 1.94. The van der Waals surface area contributed by atoms with Gasteiger partial charge in [0.05, 0.1) is 6.04 Å². The smallest absolute Gasteiger partial charge is 0.152 e. The fraction of sp³-hybridized carbons (Fsp3) is 0.889. The van der Waals surface area contributed by atoms with E-state index in [1.54, 1.807) is 0 Å². The van der Waals surface area contributed by atoms with Crippen LogP contribution in [0.25, 0.3) is 0 Å². The van der Waals surface area contributed by atoms with Crippen LogP contribution in [0.4, 0.5) is 0 Å². The van der Waals surface area contributed by atoms with Crippen molar-refractivity contribution in [3.63, 3.8) is 0 Å². The van der Waals surface area contributed by atoms with Crippen LogP contribution in [0.15, 0.2) is 0 Å². The number of hydrogen-bond donors (Lipinski definition) is 0. The minimum absolute atomic E-state index is 0.193. The van der Waals surface area contributed by atoms with Gasteiger partial charge < -0.3 is 0 Å². The number of Topliss-reactive ketones (excluding diaryl/α,β-unsaturated/α-hetero) is 1. The van der Waals surface area contributed by atoms with E-state index < -0.39 is 0 Å². The van der Waals surface area contributed by atoms with Crippen molar-refractivity contribution in [3.05, 3.63) is 0 Å². The monoisotopic (exact) mass is 155 g/mol. The summed E-state index contributed by atoms with van der Waals surface area (Å²) in [6, 6.07) is 0.193. The van der Waals surface area contributed by atoms with Crippen LogP contribution in [-0.4, -0.2) is 30.8 Å². The van der Waals surface area contributed by atoms with Crippen molar-refractivity contribution in [2.75, 3.05) is 14.1 Å². The van der Waals surface area contributed by atoms with Gasteiger partial charge in [0.15, 0.2) is 5.78 Å². The molecule has 0 amide bonds. The highest BCUT2D eigenvalue weighted by atomic mass is 16.1. The van der Waals surface area contributed by atoms with E-state index in [1.807, 2.05) is 25.9 Å². The fourth-order valence-corrected chi connectivity index (χ4v) is 1.74. The molecule has 1 fully saturated rings. The molecule has 0 aromatic rings. The lowest BCUT2D eigenvalue weighted by Gasteiger charge is -2.30. The second-order valence-corrected chi connectivity index (χ2v) is 3.71. The fourth-order valence-electron chi connectivity index (χ4n) is 1.74. The normalized spacial score (nSPS) is 32.9. The third-order valence-corrected chi connectivity index (χ3v) is 2.55. The largest absolute Gasteiger partial charge is 0.300 e. The van der Waals surface area contributed by atoms with Gasteiger partial charge in [-0.05, 0) is 26.9 Å². The van der Waals surface area contributed by atoms with Crippen molar-refractivity contribution in [3.8, 4) is 0 Å². The van der Waals surface area contributed by atoms with Crippen LogP contribution in [0.3, 0.4) is 0 Å². The predicted molar refractivity (Wildman–Crippen MR) is 45.5 cm³/mol. The van der Waals surface area contributed by atoms with Gasteiger partial charge in [-0.3, -0.25) is 9.69 Å². The van der Waals surface area contributed by atoms with Gasteiger partial charge in [-0.1, -0.05) is 13.3 Å². The summed E-state index contributed by atoms with van der Waals surface area (Å²) >= 11 is 0. The van der Waals surface area contributed by atoms with Crippen molar-refractivity contribution < 1.29 is 4.79 Å². The molecule has 0 bridgehead atoms. The maximum absolute atomic E-state index is 11.5. The van der Waals surface area contributed by atoms with Gasteiger partial charge in [-0.15, -0.1) is 0 Å². The number of carbonyl (C=O) groups is 1. The number of nitrogens with zero attached hydrogens (tertiary/aromatic N) is 1. The Balaban J connectivity index is 2.58. The molecule has 1 aliphatic rings. The Hall–Kier alpha value is -0.370. The maximum atomic E-state index is 11.5. The molecule has 0 radical (unpaired) electrons. The molecule has 2 nitrogen and oxygen atoms in total. The van der Waals surface area contributed by atoms with E-state index in [1.165, 1.54) is 6.42 Å². The van der Waals surface area contributed by atoms with Crippen LogP contribution >= 0.6 is 0 Å². The van der Waals surface area contributed by atoms with Crippen molar-refractivity contribution >= 4 is 5.78 Å². The summed E-state index contributed by atoms with van der Waals surface area (Å²) in [5.74, 6) is 0.720. The molecule has 2 heteroatoms. The third kappa shape index (κ3) is 1.80. The molecule has 2 atom stereocenters. The van der Waals surface area contributed by atoms with E-state index in [-0.39, 0.29) is 12.0 Å². The Morgan fingerprint density at radius 3 is 2.45 bits per heavy atom. The summed E-state index contributed by atoms with van der Waals surface area (Å²) in [6.07, 6.45) is 3.34. The molecule has 2 unspecified atom stereocenters. The van der Waals surface area contributed by atoms with Crippen LogP contribution < -0.4 is 0 Å². The van der Waals surface area contributed by atoms with Crippen molar-refractivity contribution in [1.82, 2.24) is 4.90 Å². The number of rotatable bonds is 1. The maximum Gasteiger partial charge on any atom is 0.152 e. The average molecular weight is 155 g/mol. The molecule has 0 heterocycles. The molecule has 1 aliphatic carbocycles. The molecule has 0 aliphatic heterocycles. The third-order valence-electron chi connectivity index (χ3n) is 2.55. The molecular weight excluding hydrogens is 138 g/mol. The molecule has 0 saturated heterocycles. The van der Waals surface area contributed by atoms with E-state index >= 15 is 0 Å². The SMILES string of the molecule is CC1CCCC(N(C)C)C1=O. The second-order valence-electron chi connectivity index (χ2n) is 3.71. The van der Waals surface area contributed by atoms with Gasteiger partial charge in [0.2, 0.25) is 0 Å². The van der Waals surface area contributed by atoms with Gasteiger partial charge >= 0.3 is 0 Å². The zero-order chi connectivity index (χ0) is 8.43. The lowest BCUT2D eigenvalue weighted by Crippen LogP contribution is -2.41. The molecule has 64 valence electrons. The molecule has 0 N–H and O–H groups in total. The summed E-state index contributed by atoms with van der Waals surface area (Å²) in [4.78, 5) is 13.6. The summed E-state index contributed by atoms with van der Waals surface area (Å²) in [5.41, 5.74) is 0. The first-order valence-electron chi connectivity index (χ1n) is 4.33. The highest BCUT2D eigenvalue weighted by Gasteiger charge is 2.28. The van der Waals surface area contributed by atoms with E-state index in [2.05, 4.69) is 0 Å². The first-order chi connectivity index (χ1) is 5.13. The molecule has 0 aromatic carbocycles. The number of likely N-dealkylation sites (N-methyl/N-ethyl adjacent to an activating group) is 1. The highest BCUT2D eigenvalue weighted by Crippen LogP contribution is 2.22. The zero-order valence-electron chi connectivity index (χ0n) is 7.63. The standard InChI is InChI=1S/C9H17NO/c1-7-5-4-6-8(9(7)11)10(2)3/h7-8H,4-6H2,1-3H3. The second kappa shape index (κ2) is 3.35. The topological polar surface area (TPSA) is 20.3 Å². The van der Waals surface area contributed by atoms with Gasteiger partial charge in [0.25, 0.3) is 0 Å². The minimum atomic E-state index is 0.193. The molecule has 1 saturated carbocycles. The minimum Gasteiger partial charge on any atom is -0.300 e. The van der Waals surface area contributed by atoms with Crippen molar-refractivity contribution in [2.45, 2.75) is 32.2 Å². The van der Waals surface area contributed by atoms with Gasteiger partial charge in [0, 0.05) is 5.92 Å². The Bertz CT molecular complexity index is 154. The lowest BCUT2D eigenvalue weighted by molar-refractivity contribution is -0.129. The molecule has 0 aromatic heterocycles. The molecule has 11 heavy (non-hydrogen) atoms. The number of carbonyl (C=O) groups excluding carboxylic acids is 1.